The maximum Gasteiger partial charge on any atom is 0.0730 e. The van der Waals surface area contributed by atoms with Crippen molar-refractivity contribution in [3.05, 3.63) is 0 Å². The minimum Gasteiger partial charge on any atom is -0.396 e. The van der Waals surface area contributed by atoms with Gasteiger partial charge in [-0.25, -0.2) is 0 Å². The van der Waals surface area contributed by atoms with Gasteiger partial charge in [0.15, 0.2) is 0 Å². The summed E-state index contributed by atoms with van der Waals surface area (Å²) in [4.78, 5) is 0. The van der Waals surface area contributed by atoms with E-state index in [2.05, 4.69) is 19.2 Å². The second-order valence-corrected chi connectivity index (χ2v) is 3.42. The van der Waals surface area contributed by atoms with Crippen LogP contribution in [0, 0.1) is 0 Å². The molecule has 0 radical (unpaired) electrons. The van der Waals surface area contributed by atoms with Crippen LogP contribution in [-0.2, 0) is 4.74 Å². The first-order valence-electron chi connectivity index (χ1n) is 4.72. The Labute approximate surface area is 74.1 Å². The Morgan fingerprint density at radius 1 is 1.67 bits per heavy atom. The second kappa shape index (κ2) is 4.21. The number of aliphatic hydroxyl groups excluding tert-OH is 1. The Morgan fingerprint density at radius 3 is 2.83 bits per heavy atom. The van der Waals surface area contributed by atoms with Crippen molar-refractivity contribution in [1.82, 2.24) is 5.32 Å². The maximum atomic E-state index is 8.94. The van der Waals surface area contributed by atoms with Gasteiger partial charge in [-0.3, -0.25) is 0 Å². The molecule has 2 N–H and O–H groups in total. The summed E-state index contributed by atoms with van der Waals surface area (Å²) in [6.45, 7) is 6.15. The first-order valence-corrected chi connectivity index (χ1v) is 4.72. The number of ether oxygens (including phenoxy) is 1. The SMILES string of the molecule is CCNC1(CCO)CCOC1C. The van der Waals surface area contributed by atoms with Crippen molar-refractivity contribution < 1.29 is 9.84 Å². The van der Waals surface area contributed by atoms with Crippen LogP contribution in [0.25, 0.3) is 0 Å². The summed E-state index contributed by atoms with van der Waals surface area (Å²) in [6.07, 6.45) is 2.04. The second-order valence-electron chi connectivity index (χ2n) is 3.42. The largest absolute Gasteiger partial charge is 0.396 e. The Hall–Kier alpha value is -0.120. The van der Waals surface area contributed by atoms with Crippen molar-refractivity contribution in [2.75, 3.05) is 19.8 Å². The molecule has 72 valence electrons. The van der Waals surface area contributed by atoms with Crippen LogP contribution >= 0.6 is 0 Å². The normalized spacial score (nSPS) is 35.8. The van der Waals surface area contributed by atoms with E-state index in [1.54, 1.807) is 0 Å². The van der Waals surface area contributed by atoms with Gasteiger partial charge in [0.1, 0.15) is 0 Å². The predicted octanol–water partition coefficient (Wildman–Crippen LogP) is 0.526. The van der Waals surface area contributed by atoms with E-state index in [4.69, 9.17) is 9.84 Å². The molecule has 1 rings (SSSR count). The lowest BCUT2D eigenvalue weighted by molar-refractivity contribution is 0.0716. The molecule has 3 nitrogen and oxygen atoms in total. The topological polar surface area (TPSA) is 41.5 Å². The van der Waals surface area contributed by atoms with E-state index in [0.29, 0.717) is 0 Å². The van der Waals surface area contributed by atoms with Crippen molar-refractivity contribution in [3.63, 3.8) is 0 Å². The molecule has 3 heteroatoms. The van der Waals surface area contributed by atoms with Gasteiger partial charge in [-0.2, -0.15) is 0 Å². The highest BCUT2D eigenvalue weighted by Gasteiger charge is 2.39. The van der Waals surface area contributed by atoms with E-state index in [9.17, 15) is 0 Å². The number of likely N-dealkylation sites (N-methyl/N-ethyl adjacent to an activating group) is 1. The Kier molecular flexibility index (Phi) is 3.50. The van der Waals surface area contributed by atoms with Crippen LogP contribution in [0.3, 0.4) is 0 Å². The Morgan fingerprint density at radius 2 is 2.42 bits per heavy atom. The van der Waals surface area contributed by atoms with Gasteiger partial charge in [0.2, 0.25) is 0 Å². The molecule has 1 saturated heterocycles. The molecule has 0 aromatic rings. The molecular weight excluding hydrogens is 154 g/mol. The lowest BCUT2D eigenvalue weighted by atomic mass is 9.88. The lowest BCUT2D eigenvalue weighted by Gasteiger charge is -2.32. The zero-order chi connectivity index (χ0) is 9.03. The quantitative estimate of drug-likeness (QED) is 0.651. The standard InChI is InChI=1S/C9H19NO2/c1-3-10-9(4-6-11)5-7-12-8(9)2/h8,10-11H,3-7H2,1-2H3. The fourth-order valence-electron chi connectivity index (χ4n) is 1.98. The third-order valence-corrected chi connectivity index (χ3v) is 2.78. The fourth-order valence-corrected chi connectivity index (χ4v) is 1.98. The minimum absolute atomic E-state index is 0.0312. The first kappa shape index (κ1) is 9.96. The molecule has 0 spiro atoms. The summed E-state index contributed by atoms with van der Waals surface area (Å²) in [5.74, 6) is 0. The molecule has 1 aliphatic rings. The van der Waals surface area contributed by atoms with E-state index in [-0.39, 0.29) is 18.2 Å². The van der Waals surface area contributed by atoms with E-state index >= 15 is 0 Å². The Bertz CT molecular complexity index is 132. The maximum absolute atomic E-state index is 8.94. The predicted molar refractivity (Wildman–Crippen MR) is 48.1 cm³/mol. The summed E-state index contributed by atoms with van der Waals surface area (Å²) >= 11 is 0. The highest BCUT2D eigenvalue weighted by molar-refractivity contribution is 4.96. The van der Waals surface area contributed by atoms with Gasteiger partial charge in [0, 0.05) is 18.8 Å². The third-order valence-electron chi connectivity index (χ3n) is 2.78. The van der Waals surface area contributed by atoms with Crippen LogP contribution < -0.4 is 5.32 Å². The first-order chi connectivity index (χ1) is 5.75. The number of aliphatic hydroxyl groups is 1. The van der Waals surface area contributed by atoms with E-state index in [1.807, 2.05) is 0 Å². The van der Waals surface area contributed by atoms with Crippen molar-refractivity contribution in [2.45, 2.75) is 38.3 Å². The van der Waals surface area contributed by atoms with Crippen LogP contribution in [0.1, 0.15) is 26.7 Å². The molecule has 1 heterocycles. The van der Waals surface area contributed by atoms with E-state index in [0.717, 1.165) is 26.0 Å². The monoisotopic (exact) mass is 173 g/mol. The molecule has 0 aromatic heterocycles. The Balaban J connectivity index is 2.57. The van der Waals surface area contributed by atoms with Crippen molar-refractivity contribution >= 4 is 0 Å². The molecule has 2 unspecified atom stereocenters. The van der Waals surface area contributed by atoms with Crippen molar-refractivity contribution in [1.29, 1.82) is 0 Å². The summed E-state index contributed by atoms with van der Waals surface area (Å²) in [5.41, 5.74) is 0.0312. The summed E-state index contributed by atoms with van der Waals surface area (Å²) in [6, 6.07) is 0. The van der Waals surface area contributed by atoms with Gasteiger partial charge >= 0.3 is 0 Å². The molecule has 1 aliphatic heterocycles. The number of rotatable bonds is 4. The summed E-state index contributed by atoms with van der Waals surface area (Å²) < 4.78 is 5.50. The van der Waals surface area contributed by atoms with Crippen LogP contribution in [0.5, 0.6) is 0 Å². The van der Waals surface area contributed by atoms with Crippen LogP contribution in [-0.4, -0.2) is 36.5 Å². The molecule has 2 atom stereocenters. The third kappa shape index (κ3) is 1.79. The number of hydrogen-bond donors (Lipinski definition) is 2. The van der Waals surface area contributed by atoms with Crippen LogP contribution in [0.15, 0.2) is 0 Å². The number of nitrogens with one attached hydrogen (secondary N) is 1. The molecule has 1 fully saturated rings. The van der Waals surface area contributed by atoms with E-state index in [1.165, 1.54) is 0 Å². The molecular formula is C9H19NO2. The highest BCUT2D eigenvalue weighted by atomic mass is 16.5. The lowest BCUT2D eigenvalue weighted by Crippen LogP contribution is -2.51. The van der Waals surface area contributed by atoms with Crippen LogP contribution in [0.4, 0.5) is 0 Å². The van der Waals surface area contributed by atoms with Gasteiger partial charge in [0.25, 0.3) is 0 Å². The van der Waals surface area contributed by atoms with Gasteiger partial charge in [-0.15, -0.1) is 0 Å². The molecule has 0 amide bonds. The summed E-state index contributed by atoms with van der Waals surface area (Å²) in [5, 5.41) is 12.4. The average Bonchev–Trinajstić information content (AvgIpc) is 2.35. The van der Waals surface area contributed by atoms with Gasteiger partial charge in [-0.1, -0.05) is 6.92 Å². The van der Waals surface area contributed by atoms with E-state index < -0.39 is 0 Å². The molecule has 0 aliphatic carbocycles. The minimum atomic E-state index is 0.0312. The number of hydrogen-bond acceptors (Lipinski definition) is 3. The molecule has 12 heavy (non-hydrogen) atoms. The zero-order valence-corrected chi connectivity index (χ0v) is 7.97. The average molecular weight is 173 g/mol. The van der Waals surface area contributed by atoms with Crippen molar-refractivity contribution in [3.8, 4) is 0 Å². The molecule has 0 bridgehead atoms. The smallest absolute Gasteiger partial charge is 0.0730 e. The fraction of sp³-hybridized carbons (Fsp3) is 1.00. The molecule has 0 saturated carbocycles. The van der Waals surface area contributed by atoms with Gasteiger partial charge in [0.05, 0.1) is 6.10 Å². The van der Waals surface area contributed by atoms with Crippen LogP contribution in [0.2, 0.25) is 0 Å². The molecule has 0 aromatic carbocycles. The summed E-state index contributed by atoms with van der Waals surface area (Å²) in [7, 11) is 0. The van der Waals surface area contributed by atoms with Gasteiger partial charge < -0.3 is 15.2 Å². The zero-order valence-electron chi connectivity index (χ0n) is 7.97. The highest BCUT2D eigenvalue weighted by Crippen LogP contribution is 2.28. The van der Waals surface area contributed by atoms with Gasteiger partial charge in [-0.05, 0) is 26.3 Å². The van der Waals surface area contributed by atoms with Crippen molar-refractivity contribution in [2.24, 2.45) is 0 Å².